The Labute approximate surface area is 169 Å². The first-order valence-corrected chi connectivity index (χ1v) is 9.84. The number of rotatable bonds is 7. The van der Waals surface area contributed by atoms with Crippen molar-refractivity contribution in [3.8, 4) is 0 Å². The predicted octanol–water partition coefficient (Wildman–Crippen LogP) is 5.02. The Hall–Kier alpha value is -2.31. The zero-order chi connectivity index (χ0) is 19.6. The number of oxime groups is 2. The van der Waals surface area contributed by atoms with Gasteiger partial charge in [-0.05, 0) is 30.9 Å². The molecular weight excluding hydrogens is 382 g/mol. The van der Waals surface area contributed by atoms with Crippen LogP contribution in [0.5, 0.6) is 0 Å². The highest BCUT2D eigenvalue weighted by Crippen LogP contribution is 2.17. The van der Waals surface area contributed by atoms with Crippen molar-refractivity contribution in [1.29, 1.82) is 0 Å². The molecule has 0 saturated carbocycles. The molecule has 0 amide bonds. The maximum Gasteiger partial charge on any atom is 0.142 e. The third-order valence-corrected chi connectivity index (χ3v) is 4.75. The van der Waals surface area contributed by atoms with Crippen LogP contribution < -0.4 is 0 Å². The van der Waals surface area contributed by atoms with Crippen LogP contribution in [0.2, 0.25) is 5.02 Å². The Morgan fingerprint density at radius 1 is 1.07 bits per heavy atom. The number of hydrogen-bond acceptors (Lipinski definition) is 6. The molecule has 0 radical (unpaired) electrons. The van der Waals surface area contributed by atoms with Gasteiger partial charge in [0.25, 0.3) is 0 Å². The first-order chi connectivity index (χ1) is 13.1. The fraction of sp³-hybridized carbons (Fsp3) is 0.250. The van der Waals surface area contributed by atoms with E-state index in [9.17, 15) is 0 Å². The average molecular weight is 404 g/mol. The molecule has 0 aliphatic rings. The van der Waals surface area contributed by atoms with Crippen molar-refractivity contribution in [3.05, 3.63) is 70.2 Å². The predicted molar refractivity (Wildman–Crippen MR) is 115 cm³/mol. The van der Waals surface area contributed by atoms with E-state index in [1.165, 1.54) is 18.9 Å². The van der Waals surface area contributed by atoms with Crippen LogP contribution in [-0.2, 0) is 16.3 Å². The van der Waals surface area contributed by atoms with Crippen LogP contribution in [-0.4, -0.2) is 36.9 Å². The molecule has 0 spiro atoms. The molecule has 142 valence electrons. The Morgan fingerprint density at radius 3 is 2.41 bits per heavy atom. The van der Waals surface area contributed by atoms with E-state index in [4.69, 9.17) is 21.3 Å². The van der Waals surface area contributed by atoms with Crippen LogP contribution in [0.1, 0.15) is 23.6 Å². The number of halogens is 1. The molecule has 0 atom stereocenters. The maximum atomic E-state index is 5.92. The maximum absolute atomic E-state index is 5.92. The number of benzene rings is 2. The van der Waals surface area contributed by atoms with Gasteiger partial charge in [-0.25, -0.2) is 0 Å². The molecule has 0 bridgehead atoms. The summed E-state index contributed by atoms with van der Waals surface area (Å²) in [6, 6.07) is 15.3. The molecule has 0 saturated heterocycles. The van der Waals surface area contributed by atoms with Gasteiger partial charge in [0.15, 0.2) is 0 Å². The zero-order valence-electron chi connectivity index (χ0n) is 15.8. The van der Waals surface area contributed by atoms with Gasteiger partial charge in [0.1, 0.15) is 24.5 Å². The molecule has 0 aliphatic heterocycles. The highest BCUT2D eigenvalue weighted by Gasteiger charge is 2.16. The molecule has 2 rings (SSSR count). The van der Waals surface area contributed by atoms with Crippen LogP contribution in [0, 0.1) is 0 Å². The van der Waals surface area contributed by atoms with E-state index in [1.54, 1.807) is 7.05 Å². The van der Waals surface area contributed by atoms with E-state index in [-0.39, 0.29) is 0 Å². The molecule has 0 fully saturated rings. The molecule has 7 heteroatoms. The number of aliphatic imine (C=N–C) groups is 1. The lowest BCUT2D eigenvalue weighted by Gasteiger charge is -2.12. The summed E-state index contributed by atoms with van der Waals surface area (Å²) in [5, 5.41) is 9.85. The molecule has 0 unspecified atom stereocenters. The third-order valence-electron chi connectivity index (χ3n) is 3.74. The standard InChI is InChI=1S/C20H22ClN3O2S/c1-14(15-9-11-17(21)12-10-15)23-26-13-16-7-5-6-8-18(16)19(24-25-3)20(22-2)27-4/h5-12H,13H2,1-4H3/b22-20?,23-14+,24-19+. The third kappa shape index (κ3) is 5.84. The highest BCUT2D eigenvalue weighted by atomic mass is 35.5. The minimum absolute atomic E-state index is 0.301. The lowest BCUT2D eigenvalue weighted by atomic mass is 10.0. The van der Waals surface area contributed by atoms with Gasteiger partial charge in [0.2, 0.25) is 0 Å². The molecule has 0 aliphatic carbocycles. The van der Waals surface area contributed by atoms with Crippen LogP contribution in [0.4, 0.5) is 0 Å². The summed E-state index contributed by atoms with van der Waals surface area (Å²) in [5.41, 5.74) is 4.24. The van der Waals surface area contributed by atoms with E-state index >= 15 is 0 Å². The van der Waals surface area contributed by atoms with E-state index in [1.807, 2.05) is 61.7 Å². The molecule has 2 aromatic rings. The van der Waals surface area contributed by atoms with Crippen LogP contribution >= 0.6 is 23.4 Å². The summed E-state index contributed by atoms with van der Waals surface area (Å²) in [7, 11) is 3.25. The molecule has 27 heavy (non-hydrogen) atoms. The van der Waals surface area contributed by atoms with E-state index < -0.39 is 0 Å². The Kier molecular flexibility index (Phi) is 8.36. The lowest BCUT2D eigenvalue weighted by Crippen LogP contribution is -2.15. The summed E-state index contributed by atoms with van der Waals surface area (Å²) < 4.78 is 0. The van der Waals surface area contributed by atoms with Gasteiger partial charge in [-0.1, -0.05) is 58.3 Å². The summed E-state index contributed by atoms with van der Waals surface area (Å²) in [4.78, 5) is 14.9. The summed E-state index contributed by atoms with van der Waals surface area (Å²) in [6.45, 7) is 2.19. The van der Waals surface area contributed by atoms with E-state index in [2.05, 4.69) is 15.3 Å². The van der Waals surface area contributed by atoms with Crippen LogP contribution in [0.25, 0.3) is 0 Å². The topological polar surface area (TPSA) is 55.5 Å². The van der Waals surface area contributed by atoms with Gasteiger partial charge in [0.05, 0.1) is 5.71 Å². The molecular formula is C20H22ClN3O2S. The quantitative estimate of drug-likeness (QED) is 0.370. The Bertz CT molecular complexity index is 849. The first kappa shape index (κ1) is 21.0. The van der Waals surface area contributed by atoms with Crippen LogP contribution in [0.3, 0.4) is 0 Å². The van der Waals surface area contributed by atoms with Gasteiger partial charge in [-0.2, -0.15) is 0 Å². The Balaban J connectivity index is 2.21. The van der Waals surface area contributed by atoms with Gasteiger partial charge in [-0.3, -0.25) is 4.99 Å². The molecule has 0 N–H and O–H groups in total. The van der Waals surface area contributed by atoms with E-state index in [0.717, 1.165) is 27.4 Å². The Morgan fingerprint density at radius 2 is 1.78 bits per heavy atom. The van der Waals surface area contributed by atoms with Gasteiger partial charge in [0, 0.05) is 23.2 Å². The lowest BCUT2D eigenvalue weighted by molar-refractivity contribution is 0.130. The van der Waals surface area contributed by atoms with Crippen molar-refractivity contribution < 1.29 is 9.68 Å². The summed E-state index contributed by atoms with van der Waals surface area (Å²) >= 11 is 7.43. The monoisotopic (exact) mass is 403 g/mol. The smallest absolute Gasteiger partial charge is 0.142 e. The van der Waals surface area contributed by atoms with Crippen molar-refractivity contribution >= 4 is 39.8 Å². The second kappa shape index (κ2) is 10.7. The second-order valence-corrected chi connectivity index (χ2v) is 6.70. The van der Waals surface area contributed by atoms with Crippen molar-refractivity contribution in [2.45, 2.75) is 13.5 Å². The van der Waals surface area contributed by atoms with Crippen molar-refractivity contribution in [2.24, 2.45) is 15.3 Å². The zero-order valence-corrected chi connectivity index (χ0v) is 17.3. The van der Waals surface area contributed by atoms with Crippen molar-refractivity contribution in [3.63, 3.8) is 0 Å². The highest BCUT2D eigenvalue weighted by molar-refractivity contribution is 8.15. The molecule has 5 nitrogen and oxygen atoms in total. The molecule has 2 aromatic carbocycles. The van der Waals surface area contributed by atoms with Gasteiger partial charge >= 0.3 is 0 Å². The van der Waals surface area contributed by atoms with Crippen molar-refractivity contribution in [1.82, 2.24) is 0 Å². The van der Waals surface area contributed by atoms with Gasteiger partial charge in [-0.15, -0.1) is 11.8 Å². The van der Waals surface area contributed by atoms with Crippen LogP contribution in [0.15, 0.2) is 63.8 Å². The largest absolute Gasteiger partial charge is 0.399 e. The number of hydrogen-bond donors (Lipinski definition) is 0. The minimum Gasteiger partial charge on any atom is -0.399 e. The summed E-state index contributed by atoms with van der Waals surface area (Å²) in [6.07, 6.45) is 1.95. The van der Waals surface area contributed by atoms with E-state index in [0.29, 0.717) is 17.3 Å². The fourth-order valence-corrected chi connectivity index (χ4v) is 3.06. The molecule has 0 heterocycles. The molecule has 0 aromatic heterocycles. The number of thioether (sulfide) groups is 1. The summed E-state index contributed by atoms with van der Waals surface area (Å²) in [5.74, 6) is 0. The van der Waals surface area contributed by atoms with Crippen molar-refractivity contribution in [2.75, 3.05) is 20.4 Å². The van der Waals surface area contributed by atoms with Gasteiger partial charge < -0.3 is 9.68 Å². The number of nitrogens with zero attached hydrogens (tertiary/aromatic N) is 3. The fourth-order valence-electron chi connectivity index (χ4n) is 2.41. The second-order valence-electron chi connectivity index (χ2n) is 5.47. The normalized spacial score (nSPS) is 12.9. The first-order valence-electron chi connectivity index (χ1n) is 8.23. The minimum atomic E-state index is 0.301. The average Bonchev–Trinajstić information content (AvgIpc) is 2.69. The SMILES string of the molecule is CN=C(SC)/C(=N/OC)c1ccccc1CO/N=C(\C)c1ccc(Cl)cc1.